The van der Waals surface area contributed by atoms with Crippen LogP contribution < -0.4 is 0 Å². The molecule has 5 rings (SSSR count). The van der Waals surface area contributed by atoms with Crippen molar-refractivity contribution in [3.8, 4) is 5.69 Å². The van der Waals surface area contributed by atoms with Crippen LogP contribution in [0.1, 0.15) is 41.9 Å². The fourth-order valence-corrected chi connectivity index (χ4v) is 4.25. The molecule has 1 unspecified atom stereocenters. The topological polar surface area (TPSA) is 63.6 Å². The highest BCUT2D eigenvalue weighted by Crippen LogP contribution is 2.40. The van der Waals surface area contributed by atoms with Crippen molar-refractivity contribution in [2.45, 2.75) is 36.1 Å². The van der Waals surface area contributed by atoms with Gasteiger partial charge in [-0.1, -0.05) is 48.2 Å². The summed E-state index contributed by atoms with van der Waals surface area (Å²) in [7, 11) is 0. The molecule has 6 heteroatoms. The van der Waals surface area contributed by atoms with Crippen LogP contribution >= 0.6 is 11.8 Å². The zero-order chi connectivity index (χ0) is 19.1. The monoisotopic (exact) mass is 388 g/mol. The highest BCUT2D eigenvalue weighted by molar-refractivity contribution is 8.00. The highest BCUT2D eigenvalue weighted by atomic mass is 32.2. The van der Waals surface area contributed by atoms with E-state index >= 15 is 0 Å². The van der Waals surface area contributed by atoms with Gasteiger partial charge in [0.05, 0.1) is 10.9 Å². The van der Waals surface area contributed by atoms with Gasteiger partial charge < -0.3 is 4.98 Å². The van der Waals surface area contributed by atoms with Gasteiger partial charge in [-0.05, 0) is 38.0 Å². The number of aromatic nitrogens is 4. The van der Waals surface area contributed by atoms with Crippen molar-refractivity contribution in [3.05, 3.63) is 72.2 Å². The molecule has 2 aromatic carbocycles. The molecule has 1 saturated carbocycles. The lowest BCUT2D eigenvalue weighted by Crippen LogP contribution is -2.13. The average molecular weight is 388 g/mol. The third kappa shape index (κ3) is 3.14. The van der Waals surface area contributed by atoms with Crippen molar-refractivity contribution in [2.75, 3.05) is 0 Å². The molecular weight excluding hydrogens is 368 g/mol. The van der Waals surface area contributed by atoms with Crippen LogP contribution in [0.15, 0.2) is 66.0 Å². The Hall–Kier alpha value is -2.86. The molecular formula is C22H20N4OS. The third-order valence-electron chi connectivity index (χ3n) is 5.06. The number of nitrogens with zero attached hydrogens (tertiary/aromatic N) is 3. The normalized spacial score (nSPS) is 15.0. The molecule has 0 saturated heterocycles. The van der Waals surface area contributed by atoms with E-state index in [1.807, 2.05) is 66.2 Å². The average Bonchev–Trinajstić information content (AvgIpc) is 3.35. The first-order valence-corrected chi connectivity index (χ1v) is 10.4. The lowest BCUT2D eigenvalue weighted by Gasteiger charge is -2.07. The summed E-state index contributed by atoms with van der Waals surface area (Å²) in [5.74, 6) is 1.56. The first-order chi connectivity index (χ1) is 13.7. The molecule has 0 aliphatic heterocycles. The number of rotatable bonds is 6. The van der Waals surface area contributed by atoms with E-state index < -0.39 is 0 Å². The first kappa shape index (κ1) is 17.3. The Morgan fingerprint density at radius 2 is 1.89 bits per heavy atom. The summed E-state index contributed by atoms with van der Waals surface area (Å²) in [5.41, 5.74) is 2.71. The van der Waals surface area contributed by atoms with E-state index in [0.717, 1.165) is 40.8 Å². The summed E-state index contributed by atoms with van der Waals surface area (Å²) < 4.78 is 1.93. The highest BCUT2D eigenvalue weighted by Gasteiger charge is 2.31. The quantitative estimate of drug-likeness (QED) is 0.373. The maximum absolute atomic E-state index is 13.0. The molecule has 1 N–H and O–H groups in total. The minimum Gasteiger partial charge on any atom is -0.360 e. The van der Waals surface area contributed by atoms with Crippen molar-refractivity contribution in [1.82, 2.24) is 19.7 Å². The van der Waals surface area contributed by atoms with Gasteiger partial charge in [0.2, 0.25) is 5.16 Å². The number of carbonyl (C=O) groups excluding carboxylic acids is 1. The fourth-order valence-electron chi connectivity index (χ4n) is 3.43. The number of carbonyl (C=O) groups is 1. The Balaban J connectivity index is 1.42. The zero-order valence-electron chi connectivity index (χ0n) is 15.5. The first-order valence-electron chi connectivity index (χ1n) is 9.50. The predicted octanol–water partition coefficient (Wildman–Crippen LogP) is 4.99. The Morgan fingerprint density at radius 3 is 2.68 bits per heavy atom. The molecule has 2 aromatic heterocycles. The van der Waals surface area contributed by atoms with E-state index in [-0.39, 0.29) is 11.0 Å². The molecule has 1 fully saturated rings. The fraction of sp³-hybridized carbons (Fsp3) is 0.227. The van der Waals surface area contributed by atoms with Crippen LogP contribution in [-0.2, 0) is 0 Å². The zero-order valence-corrected chi connectivity index (χ0v) is 16.3. The smallest absolute Gasteiger partial charge is 0.209 e. The second kappa shape index (κ2) is 6.95. The van der Waals surface area contributed by atoms with Crippen LogP contribution in [0.4, 0.5) is 0 Å². The molecule has 5 nitrogen and oxygen atoms in total. The summed E-state index contributed by atoms with van der Waals surface area (Å²) in [6.07, 6.45) is 4.11. The lowest BCUT2D eigenvalue weighted by atomic mass is 10.1. The van der Waals surface area contributed by atoms with Crippen molar-refractivity contribution in [2.24, 2.45) is 0 Å². The van der Waals surface area contributed by atoms with Gasteiger partial charge in [0, 0.05) is 28.6 Å². The van der Waals surface area contributed by atoms with Crippen LogP contribution in [-0.4, -0.2) is 30.8 Å². The molecule has 1 aliphatic rings. The van der Waals surface area contributed by atoms with Crippen LogP contribution in [0.3, 0.4) is 0 Å². The second-order valence-electron chi connectivity index (χ2n) is 7.15. The standard InChI is InChI=1S/C22H20N4OS/c1-14(20(27)18-13-23-19-10-6-5-9-17(18)19)28-22-24-21(15-11-12-15)26(25-22)16-7-3-2-4-8-16/h2-10,13-15,23H,11-12H2,1H3. The van der Waals surface area contributed by atoms with Crippen molar-refractivity contribution >= 4 is 28.4 Å². The molecule has 140 valence electrons. The van der Waals surface area contributed by atoms with Gasteiger partial charge in [-0.3, -0.25) is 4.79 Å². The summed E-state index contributed by atoms with van der Waals surface area (Å²) in [5, 5.41) is 6.07. The number of nitrogens with one attached hydrogen (secondary N) is 1. The van der Waals surface area contributed by atoms with Gasteiger partial charge in [0.15, 0.2) is 5.78 Å². The Morgan fingerprint density at radius 1 is 1.14 bits per heavy atom. The van der Waals surface area contributed by atoms with E-state index in [0.29, 0.717) is 11.1 Å². The van der Waals surface area contributed by atoms with E-state index in [4.69, 9.17) is 10.1 Å². The molecule has 0 amide bonds. The third-order valence-corrected chi connectivity index (χ3v) is 6.01. The van der Waals surface area contributed by atoms with Gasteiger partial charge in [-0.25, -0.2) is 9.67 Å². The number of H-pyrrole nitrogens is 1. The summed E-state index contributed by atoms with van der Waals surface area (Å²) in [6, 6.07) is 18.0. The van der Waals surface area contributed by atoms with E-state index in [1.54, 1.807) is 6.20 Å². The second-order valence-corrected chi connectivity index (χ2v) is 8.45. The number of hydrogen-bond donors (Lipinski definition) is 1. The Kier molecular flexibility index (Phi) is 4.28. The number of Topliss-reactive ketones (excluding diaryl/α,β-unsaturated/α-hetero) is 1. The van der Waals surface area contributed by atoms with Gasteiger partial charge in [0.1, 0.15) is 5.82 Å². The van der Waals surface area contributed by atoms with Crippen molar-refractivity contribution in [3.63, 3.8) is 0 Å². The van der Waals surface area contributed by atoms with E-state index in [1.165, 1.54) is 11.8 Å². The number of aromatic amines is 1. The number of para-hydroxylation sites is 2. The number of fused-ring (bicyclic) bond motifs is 1. The minimum absolute atomic E-state index is 0.0893. The maximum atomic E-state index is 13.0. The molecule has 0 spiro atoms. The van der Waals surface area contributed by atoms with Crippen molar-refractivity contribution in [1.29, 1.82) is 0 Å². The summed E-state index contributed by atoms with van der Waals surface area (Å²) in [6.45, 7) is 1.93. The molecule has 1 atom stereocenters. The Bertz CT molecular complexity index is 1140. The molecule has 28 heavy (non-hydrogen) atoms. The van der Waals surface area contributed by atoms with Crippen LogP contribution in [0, 0.1) is 0 Å². The van der Waals surface area contributed by atoms with Crippen LogP contribution in [0.2, 0.25) is 0 Å². The van der Waals surface area contributed by atoms with Crippen molar-refractivity contribution < 1.29 is 4.79 Å². The van der Waals surface area contributed by atoms with Gasteiger partial charge in [0.25, 0.3) is 0 Å². The number of hydrogen-bond acceptors (Lipinski definition) is 4. The number of thioether (sulfide) groups is 1. The van der Waals surface area contributed by atoms with Gasteiger partial charge in [-0.15, -0.1) is 5.10 Å². The molecule has 0 radical (unpaired) electrons. The van der Waals surface area contributed by atoms with E-state index in [9.17, 15) is 4.79 Å². The molecule has 2 heterocycles. The van der Waals surface area contributed by atoms with Crippen LogP contribution in [0.25, 0.3) is 16.6 Å². The summed E-state index contributed by atoms with van der Waals surface area (Å²) in [4.78, 5) is 21.0. The van der Waals surface area contributed by atoms with Crippen LogP contribution in [0.5, 0.6) is 0 Å². The summed E-state index contributed by atoms with van der Waals surface area (Å²) >= 11 is 1.43. The molecule has 0 bridgehead atoms. The predicted molar refractivity (Wildman–Crippen MR) is 111 cm³/mol. The largest absolute Gasteiger partial charge is 0.360 e. The molecule has 1 aliphatic carbocycles. The molecule has 4 aromatic rings. The van der Waals surface area contributed by atoms with Gasteiger partial charge >= 0.3 is 0 Å². The SMILES string of the molecule is CC(Sc1nc(C2CC2)n(-c2ccccc2)n1)C(=O)c1c[nH]c2ccccc12. The maximum Gasteiger partial charge on any atom is 0.209 e. The number of ketones is 1. The Labute approximate surface area is 167 Å². The van der Waals surface area contributed by atoms with Gasteiger partial charge in [-0.2, -0.15) is 0 Å². The number of benzene rings is 2. The minimum atomic E-state index is -0.266. The lowest BCUT2D eigenvalue weighted by molar-refractivity contribution is 0.0995. The van der Waals surface area contributed by atoms with E-state index in [2.05, 4.69) is 4.98 Å².